The molecule has 0 atom stereocenters. The standard InChI is InChI=1S/C10H10N2/c1-8-10-3-5-11-7-9(10)4-6-12(8)2/h3-7H,1H2,2H3. The molecule has 1 aliphatic heterocycles. The van der Waals surface area contributed by atoms with Gasteiger partial charge in [0.2, 0.25) is 0 Å². The monoisotopic (exact) mass is 158 g/mol. The van der Waals surface area contributed by atoms with Gasteiger partial charge in [0.1, 0.15) is 0 Å². The van der Waals surface area contributed by atoms with Crippen molar-refractivity contribution in [1.29, 1.82) is 0 Å². The van der Waals surface area contributed by atoms with E-state index < -0.39 is 0 Å². The zero-order chi connectivity index (χ0) is 8.55. The Morgan fingerprint density at radius 2 is 2.33 bits per heavy atom. The van der Waals surface area contributed by atoms with Crippen molar-refractivity contribution in [2.24, 2.45) is 0 Å². The van der Waals surface area contributed by atoms with Gasteiger partial charge in [0.05, 0.1) is 0 Å². The van der Waals surface area contributed by atoms with Crippen molar-refractivity contribution in [3.8, 4) is 0 Å². The molecule has 0 aliphatic carbocycles. The molecule has 1 aliphatic rings. The molecule has 12 heavy (non-hydrogen) atoms. The zero-order valence-electron chi connectivity index (χ0n) is 6.99. The van der Waals surface area contributed by atoms with Crippen molar-refractivity contribution in [3.05, 3.63) is 42.4 Å². The van der Waals surface area contributed by atoms with Crippen molar-refractivity contribution >= 4 is 11.8 Å². The maximum Gasteiger partial charge on any atom is 0.0411 e. The molecule has 0 aromatic carbocycles. The highest BCUT2D eigenvalue weighted by Gasteiger charge is 2.10. The van der Waals surface area contributed by atoms with Gasteiger partial charge in [0, 0.05) is 42.5 Å². The lowest BCUT2D eigenvalue weighted by Gasteiger charge is -2.22. The summed E-state index contributed by atoms with van der Waals surface area (Å²) in [7, 11) is 1.99. The van der Waals surface area contributed by atoms with E-state index in [1.54, 1.807) is 6.20 Å². The first-order valence-corrected chi connectivity index (χ1v) is 3.83. The lowest BCUT2D eigenvalue weighted by Crippen LogP contribution is -2.12. The second-order valence-electron chi connectivity index (χ2n) is 2.84. The van der Waals surface area contributed by atoms with Crippen LogP contribution in [0.2, 0.25) is 0 Å². The van der Waals surface area contributed by atoms with Gasteiger partial charge in [-0.15, -0.1) is 0 Å². The average Bonchev–Trinajstić information content (AvgIpc) is 2.12. The van der Waals surface area contributed by atoms with E-state index >= 15 is 0 Å². The molecule has 60 valence electrons. The first-order chi connectivity index (χ1) is 5.79. The highest BCUT2D eigenvalue weighted by Crippen LogP contribution is 2.25. The Labute approximate surface area is 71.9 Å². The maximum atomic E-state index is 4.05. The Kier molecular flexibility index (Phi) is 1.47. The minimum absolute atomic E-state index is 1.02. The van der Waals surface area contributed by atoms with E-state index in [2.05, 4.69) is 11.6 Å². The summed E-state index contributed by atoms with van der Waals surface area (Å²) in [5, 5.41) is 0. The summed E-state index contributed by atoms with van der Waals surface area (Å²) in [6.07, 6.45) is 7.67. The number of aromatic nitrogens is 1. The van der Waals surface area contributed by atoms with Crippen LogP contribution in [0.15, 0.2) is 31.2 Å². The van der Waals surface area contributed by atoms with Gasteiger partial charge in [-0.3, -0.25) is 4.98 Å². The lowest BCUT2D eigenvalue weighted by atomic mass is 10.1. The van der Waals surface area contributed by atoms with E-state index in [4.69, 9.17) is 0 Å². The highest BCUT2D eigenvalue weighted by molar-refractivity contribution is 5.75. The molecule has 0 amide bonds. The van der Waals surface area contributed by atoms with Gasteiger partial charge < -0.3 is 4.90 Å². The van der Waals surface area contributed by atoms with Crippen molar-refractivity contribution in [3.63, 3.8) is 0 Å². The van der Waals surface area contributed by atoms with Crippen LogP contribution in [0, 0.1) is 0 Å². The lowest BCUT2D eigenvalue weighted by molar-refractivity contribution is 0.656. The number of nitrogens with zero attached hydrogens (tertiary/aromatic N) is 2. The van der Waals surface area contributed by atoms with Gasteiger partial charge in [0.15, 0.2) is 0 Å². The molecule has 2 nitrogen and oxygen atoms in total. The summed E-state index contributed by atoms with van der Waals surface area (Å²) in [5.74, 6) is 0. The zero-order valence-corrected chi connectivity index (χ0v) is 6.99. The Hall–Kier alpha value is -1.57. The Balaban J connectivity index is 2.59. The number of pyridine rings is 1. The fourth-order valence-corrected chi connectivity index (χ4v) is 1.27. The second-order valence-corrected chi connectivity index (χ2v) is 2.84. The predicted molar refractivity (Wildman–Crippen MR) is 50.1 cm³/mol. The van der Waals surface area contributed by atoms with Crippen LogP contribution in [-0.2, 0) is 0 Å². The predicted octanol–water partition coefficient (Wildman–Crippen LogP) is 1.97. The van der Waals surface area contributed by atoms with Crippen LogP contribution in [0.1, 0.15) is 11.1 Å². The van der Waals surface area contributed by atoms with E-state index in [-0.39, 0.29) is 0 Å². The molecule has 0 radical (unpaired) electrons. The van der Waals surface area contributed by atoms with E-state index in [0.29, 0.717) is 0 Å². The van der Waals surface area contributed by atoms with Crippen molar-refractivity contribution in [1.82, 2.24) is 9.88 Å². The molecule has 2 heteroatoms. The van der Waals surface area contributed by atoms with Crippen molar-refractivity contribution in [2.45, 2.75) is 0 Å². The third-order valence-electron chi connectivity index (χ3n) is 2.07. The third-order valence-corrected chi connectivity index (χ3v) is 2.07. The van der Waals surface area contributed by atoms with Crippen LogP contribution in [-0.4, -0.2) is 16.9 Å². The molecular formula is C10H10N2. The third kappa shape index (κ3) is 0.925. The van der Waals surface area contributed by atoms with Gasteiger partial charge in [-0.05, 0) is 12.1 Å². The van der Waals surface area contributed by atoms with Gasteiger partial charge in [-0.1, -0.05) is 6.58 Å². The van der Waals surface area contributed by atoms with Gasteiger partial charge in [-0.25, -0.2) is 0 Å². The largest absolute Gasteiger partial charge is 0.351 e. The van der Waals surface area contributed by atoms with Crippen LogP contribution >= 0.6 is 0 Å². The molecular weight excluding hydrogens is 148 g/mol. The van der Waals surface area contributed by atoms with E-state index in [1.807, 2.05) is 36.5 Å². The molecule has 2 rings (SSSR count). The number of hydrogen-bond acceptors (Lipinski definition) is 2. The maximum absolute atomic E-state index is 4.05. The van der Waals surface area contributed by atoms with Crippen LogP contribution < -0.4 is 0 Å². The molecule has 0 N–H and O–H groups in total. The Morgan fingerprint density at radius 1 is 1.50 bits per heavy atom. The minimum atomic E-state index is 1.02. The van der Waals surface area contributed by atoms with Crippen LogP contribution in [0.3, 0.4) is 0 Å². The molecule has 0 unspecified atom stereocenters. The molecule has 0 spiro atoms. The first-order valence-electron chi connectivity index (χ1n) is 3.83. The van der Waals surface area contributed by atoms with Crippen LogP contribution in [0.4, 0.5) is 0 Å². The second kappa shape index (κ2) is 2.48. The molecule has 1 aromatic heterocycles. The summed E-state index contributed by atoms with van der Waals surface area (Å²) >= 11 is 0. The fourth-order valence-electron chi connectivity index (χ4n) is 1.27. The van der Waals surface area contributed by atoms with E-state index in [0.717, 1.165) is 16.8 Å². The average molecular weight is 158 g/mol. The molecule has 0 saturated heterocycles. The first kappa shape index (κ1) is 7.10. The van der Waals surface area contributed by atoms with Crippen LogP contribution in [0.25, 0.3) is 11.8 Å². The summed E-state index contributed by atoms with van der Waals surface area (Å²) in [5.41, 5.74) is 3.32. The SMILES string of the molecule is C=C1c2ccncc2C=CN1C. The molecule has 0 fully saturated rings. The highest BCUT2D eigenvalue weighted by atomic mass is 15.1. The molecule has 0 saturated carbocycles. The number of fused-ring (bicyclic) bond motifs is 1. The quantitative estimate of drug-likeness (QED) is 0.573. The van der Waals surface area contributed by atoms with Crippen LogP contribution in [0.5, 0.6) is 0 Å². The molecule has 1 aromatic rings. The summed E-state index contributed by atoms with van der Waals surface area (Å²) in [4.78, 5) is 6.05. The summed E-state index contributed by atoms with van der Waals surface area (Å²) in [6.45, 7) is 3.98. The topological polar surface area (TPSA) is 16.1 Å². The Morgan fingerprint density at radius 3 is 3.17 bits per heavy atom. The summed E-state index contributed by atoms with van der Waals surface area (Å²) in [6, 6.07) is 1.98. The minimum Gasteiger partial charge on any atom is -0.351 e. The Bertz CT molecular complexity index is 353. The van der Waals surface area contributed by atoms with Crippen molar-refractivity contribution < 1.29 is 0 Å². The fraction of sp³-hybridized carbons (Fsp3) is 0.100. The number of rotatable bonds is 0. The van der Waals surface area contributed by atoms with E-state index in [1.165, 1.54) is 0 Å². The normalized spacial score (nSPS) is 14.8. The van der Waals surface area contributed by atoms with Gasteiger partial charge >= 0.3 is 0 Å². The smallest absolute Gasteiger partial charge is 0.0411 e. The number of hydrogen-bond donors (Lipinski definition) is 0. The summed E-state index contributed by atoms with van der Waals surface area (Å²) < 4.78 is 0. The van der Waals surface area contributed by atoms with Crippen molar-refractivity contribution in [2.75, 3.05) is 7.05 Å². The molecule has 2 heterocycles. The van der Waals surface area contributed by atoms with Gasteiger partial charge in [0.25, 0.3) is 0 Å². The van der Waals surface area contributed by atoms with E-state index in [9.17, 15) is 0 Å². The van der Waals surface area contributed by atoms with Gasteiger partial charge in [-0.2, -0.15) is 0 Å². The molecule has 0 bridgehead atoms.